The van der Waals surface area contributed by atoms with Crippen molar-refractivity contribution in [2.75, 3.05) is 13.1 Å². The summed E-state index contributed by atoms with van der Waals surface area (Å²) in [5.41, 5.74) is 1.86. The molecule has 2 unspecified atom stereocenters. The van der Waals surface area contributed by atoms with Gasteiger partial charge in [-0.05, 0) is 52.9 Å². The third-order valence-electron chi connectivity index (χ3n) is 3.51. The first-order valence-electron chi connectivity index (χ1n) is 6.18. The van der Waals surface area contributed by atoms with Crippen LogP contribution in [0.5, 0.6) is 0 Å². The van der Waals surface area contributed by atoms with Crippen molar-refractivity contribution >= 4 is 33.4 Å². The minimum Gasteiger partial charge on any atom is -0.337 e. The highest BCUT2D eigenvalue weighted by atomic mass is 79.9. The third kappa shape index (κ3) is 2.89. The van der Waals surface area contributed by atoms with Crippen LogP contribution in [0.25, 0.3) is 0 Å². The molecule has 4 heteroatoms. The first kappa shape index (κ1) is 13.9. The van der Waals surface area contributed by atoms with Gasteiger partial charge in [-0.1, -0.05) is 13.0 Å². The maximum Gasteiger partial charge on any atom is 0.255 e. The number of halogens is 2. The van der Waals surface area contributed by atoms with Crippen LogP contribution >= 0.6 is 27.5 Å². The monoisotopic (exact) mass is 329 g/mol. The van der Waals surface area contributed by atoms with Gasteiger partial charge in [0.1, 0.15) is 0 Å². The summed E-state index contributed by atoms with van der Waals surface area (Å²) in [5.74, 6) is 0.552. The van der Waals surface area contributed by atoms with Crippen molar-refractivity contribution in [1.82, 2.24) is 4.90 Å². The molecule has 1 aromatic carbocycles. The van der Waals surface area contributed by atoms with Gasteiger partial charge in [-0.2, -0.15) is 0 Å². The molecule has 1 aliphatic rings. The van der Waals surface area contributed by atoms with Crippen molar-refractivity contribution in [3.63, 3.8) is 0 Å². The molecule has 0 aliphatic carbocycles. The van der Waals surface area contributed by atoms with E-state index in [-0.39, 0.29) is 11.3 Å². The molecule has 0 N–H and O–H groups in total. The van der Waals surface area contributed by atoms with Crippen molar-refractivity contribution in [1.29, 1.82) is 0 Å². The van der Waals surface area contributed by atoms with Crippen LogP contribution in [-0.2, 0) is 0 Å². The SMILES string of the molecule is Cc1ccc(C(=O)N2CCC(C)C(Cl)C2)c(Br)c1. The van der Waals surface area contributed by atoms with Crippen molar-refractivity contribution in [3.8, 4) is 0 Å². The fourth-order valence-electron chi connectivity index (χ4n) is 2.17. The van der Waals surface area contributed by atoms with Gasteiger partial charge in [0.2, 0.25) is 0 Å². The van der Waals surface area contributed by atoms with Crippen LogP contribution in [0.4, 0.5) is 0 Å². The number of carbonyl (C=O) groups excluding carboxylic acids is 1. The first-order valence-corrected chi connectivity index (χ1v) is 7.41. The van der Waals surface area contributed by atoms with Crippen LogP contribution in [0.1, 0.15) is 29.3 Å². The van der Waals surface area contributed by atoms with Crippen LogP contribution in [-0.4, -0.2) is 29.3 Å². The minimum atomic E-state index is 0.0620. The van der Waals surface area contributed by atoms with E-state index in [9.17, 15) is 4.79 Å². The van der Waals surface area contributed by atoms with E-state index in [1.807, 2.05) is 30.0 Å². The lowest BCUT2D eigenvalue weighted by molar-refractivity contribution is 0.0700. The van der Waals surface area contributed by atoms with Crippen molar-refractivity contribution < 1.29 is 4.79 Å². The van der Waals surface area contributed by atoms with E-state index in [1.54, 1.807) is 0 Å². The van der Waals surface area contributed by atoms with E-state index in [1.165, 1.54) is 0 Å². The Labute approximate surface area is 121 Å². The summed E-state index contributed by atoms with van der Waals surface area (Å²) in [6.07, 6.45) is 0.976. The molecule has 0 radical (unpaired) electrons. The van der Waals surface area contributed by atoms with Gasteiger partial charge in [-0.25, -0.2) is 0 Å². The number of hydrogen-bond acceptors (Lipinski definition) is 1. The average Bonchev–Trinajstić information content (AvgIpc) is 2.32. The number of amides is 1. The van der Waals surface area contributed by atoms with E-state index in [0.29, 0.717) is 12.5 Å². The molecular weight excluding hydrogens is 314 g/mol. The van der Waals surface area contributed by atoms with E-state index < -0.39 is 0 Å². The minimum absolute atomic E-state index is 0.0620. The molecule has 2 nitrogen and oxygen atoms in total. The van der Waals surface area contributed by atoms with Gasteiger partial charge in [-0.15, -0.1) is 11.6 Å². The molecule has 2 rings (SSSR count). The fourth-order valence-corrected chi connectivity index (χ4v) is 3.13. The zero-order valence-corrected chi connectivity index (χ0v) is 13.0. The molecule has 18 heavy (non-hydrogen) atoms. The van der Waals surface area contributed by atoms with Crippen LogP contribution in [0.2, 0.25) is 0 Å². The normalized spacial score (nSPS) is 24.1. The number of likely N-dealkylation sites (tertiary alicyclic amines) is 1. The molecule has 1 heterocycles. The number of aryl methyl sites for hydroxylation is 1. The lowest BCUT2D eigenvalue weighted by Crippen LogP contribution is -2.43. The molecule has 1 fully saturated rings. The number of hydrogen-bond donors (Lipinski definition) is 0. The number of nitrogens with zero attached hydrogens (tertiary/aromatic N) is 1. The molecule has 2 atom stereocenters. The third-order valence-corrected chi connectivity index (χ3v) is 4.73. The molecular formula is C14H17BrClNO. The van der Waals surface area contributed by atoms with E-state index in [4.69, 9.17) is 11.6 Å². The Morgan fingerprint density at radius 1 is 1.50 bits per heavy atom. The summed E-state index contributed by atoms with van der Waals surface area (Å²) in [5, 5.41) is 0.0620. The zero-order valence-electron chi connectivity index (χ0n) is 10.6. The van der Waals surface area contributed by atoms with Crippen LogP contribution < -0.4 is 0 Å². The van der Waals surface area contributed by atoms with Crippen LogP contribution in [0.3, 0.4) is 0 Å². The summed E-state index contributed by atoms with van der Waals surface area (Å²) in [6.45, 7) is 5.59. The summed E-state index contributed by atoms with van der Waals surface area (Å²) in [6, 6.07) is 5.81. The predicted molar refractivity (Wildman–Crippen MR) is 78.2 cm³/mol. The smallest absolute Gasteiger partial charge is 0.255 e. The average molecular weight is 331 g/mol. The van der Waals surface area contributed by atoms with E-state index >= 15 is 0 Å². The topological polar surface area (TPSA) is 20.3 Å². The number of alkyl halides is 1. The quantitative estimate of drug-likeness (QED) is 0.716. The number of benzene rings is 1. The van der Waals surface area contributed by atoms with Crippen molar-refractivity contribution in [2.24, 2.45) is 5.92 Å². The molecule has 0 aromatic heterocycles. The Kier molecular flexibility index (Phi) is 4.33. The largest absolute Gasteiger partial charge is 0.337 e. The second kappa shape index (κ2) is 5.62. The highest BCUT2D eigenvalue weighted by molar-refractivity contribution is 9.10. The highest BCUT2D eigenvalue weighted by Gasteiger charge is 2.28. The van der Waals surface area contributed by atoms with E-state index in [0.717, 1.165) is 28.6 Å². The highest BCUT2D eigenvalue weighted by Crippen LogP contribution is 2.25. The molecule has 1 aromatic rings. The van der Waals surface area contributed by atoms with Gasteiger partial charge in [-0.3, -0.25) is 4.79 Å². The Balaban J connectivity index is 2.16. The van der Waals surface area contributed by atoms with Gasteiger partial charge in [0.25, 0.3) is 5.91 Å². The van der Waals surface area contributed by atoms with Gasteiger partial charge in [0, 0.05) is 17.6 Å². The summed E-state index contributed by atoms with van der Waals surface area (Å²) < 4.78 is 0.859. The second-order valence-corrected chi connectivity index (χ2v) is 6.43. The summed E-state index contributed by atoms with van der Waals surface area (Å²) >= 11 is 9.71. The zero-order chi connectivity index (χ0) is 13.3. The van der Waals surface area contributed by atoms with Gasteiger partial charge in [0.05, 0.1) is 10.9 Å². The molecule has 0 saturated carbocycles. The Morgan fingerprint density at radius 2 is 2.22 bits per heavy atom. The van der Waals surface area contributed by atoms with Gasteiger partial charge in [0.15, 0.2) is 0 Å². The van der Waals surface area contributed by atoms with Gasteiger partial charge < -0.3 is 4.90 Å². The first-order chi connectivity index (χ1) is 8.49. The fraction of sp³-hybridized carbons (Fsp3) is 0.500. The molecule has 98 valence electrons. The molecule has 0 bridgehead atoms. The number of carbonyl (C=O) groups is 1. The Morgan fingerprint density at radius 3 is 2.83 bits per heavy atom. The second-order valence-electron chi connectivity index (χ2n) is 5.02. The summed E-state index contributed by atoms with van der Waals surface area (Å²) in [4.78, 5) is 14.3. The molecule has 1 saturated heterocycles. The predicted octanol–water partition coefficient (Wildman–Crippen LogP) is 3.85. The van der Waals surface area contributed by atoms with Crippen LogP contribution in [0.15, 0.2) is 22.7 Å². The van der Waals surface area contributed by atoms with E-state index in [2.05, 4.69) is 22.9 Å². The Hall–Kier alpha value is -0.540. The van der Waals surface area contributed by atoms with Crippen molar-refractivity contribution in [2.45, 2.75) is 25.6 Å². The Bertz CT molecular complexity index is 463. The molecule has 1 amide bonds. The lowest BCUT2D eigenvalue weighted by atomic mass is 9.98. The standard InChI is InChI=1S/C14H17BrClNO/c1-9-3-4-11(12(15)7-9)14(18)17-6-5-10(2)13(16)8-17/h3-4,7,10,13H,5-6,8H2,1-2H3. The lowest BCUT2D eigenvalue weighted by Gasteiger charge is -2.34. The van der Waals surface area contributed by atoms with Gasteiger partial charge >= 0.3 is 0 Å². The number of rotatable bonds is 1. The maximum absolute atomic E-state index is 12.4. The summed E-state index contributed by atoms with van der Waals surface area (Å²) in [7, 11) is 0. The van der Waals surface area contributed by atoms with Crippen LogP contribution in [0, 0.1) is 12.8 Å². The molecule has 0 spiro atoms. The number of piperidine rings is 1. The molecule has 1 aliphatic heterocycles. The van der Waals surface area contributed by atoms with Crippen molar-refractivity contribution in [3.05, 3.63) is 33.8 Å². The maximum atomic E-state index is 12.4.